The highest BCUT2D eigenvalue weighted by molar-refractivity contribution is 9.10. The van der Waals surface area contributed by atoms with Crippen molar-refractivity contribution in [2.45, 2.75) is 0 Å². The number of hydrogen-bond acceptors (Lipinski definition) is 2. The van der Waals surface area contributed by atoms with E-state index in [0.29, 0.717) is 10.8 Å². The summed E-state index contributed by atoms with van der Waals surface area (Å²) in [6.45, 7) is 0. The SMILES string of the molecule is O=Cc1cccc(F)c1Oc1cc(F)cc(Br)c1. The molecule has 0 amide bonds. The maximum atomic E-state index is 13.5. The first-order valence-corrected chi connectivity index (χ1v) is 5.77. The summed E-state index contributed by atoms with van der Waals surface area (Å²) < 4.78 is 32.4. The summed E-state index contributed by atoms with van der Waals surface area (Å²) in [6, 6.07) is 7.80. The Morgan fingerprint density at radius 2 is 1.94 bits per heavy atom. The van der Waals surface area contributed by atoms with Gasteiger partial charge in [-0.25, -0.2) is 8.78 Å². The van der Waals surface area contributed by atoms with Crippen LogP contribution in [0.25, 0.3) is 0 Å². The molecule has 0 atom stereocenters. The minimum Gasteiger partial charge on any atom is -0.453 e. The molecule has 0 unspecified atom stereocenters. The molecule has 2 aromatic carbocycles. The van der Waals surface area contributed by atoms with Crippen LogP contribution in [0.1, 0.15) is 10.4 Å². The van der Waals surface area contributed by atoms with Crippen LogP contribution in [-0.4, -0.2) is 6.29 Å². The third kappa shape index (κ3) is 2.73. The lowest BCUT2D eigenvalue weighted by Gasteiger charge is -2.09. The van der Waals surface area contributed by atoms with Crippen molar-refractivity contribution in [3.05, 3.63) is 58.1 Å². The summed E-state index contributed by atoms with van der Waals surface area (Å²) in [5, 5.41) is 0. The number of aldehydes is 1. The standard InChI is InChI=1S/C13H7BrF2O2/c14-9-4-10(15)6-11(5-9)18-13-8(7-17)2-1-3-12(13)16/h1-7H. The van der Waals surface area contributed by atoms with Gasteiger partial charge in [0.25, 0.3) is 0 Å². The first kappa shape index (κ1) is 12.7. The molecule has 0 aliphatic rings. The van der Waals surface area contributed by atoms with Gasteiger partial charge in [0.15, 0.2) is 17.9 Å². The molecule has 2 nitrogen and oxygen atoms in total. The van der Waals surface area contributed by atoms with Crippen molar-refractivity contribution >= 4 is 22.2 Å². The van der Waals surface area contributed by atoms with E-state index in [1.54, 1.807) is 0 Å². The molecule has 0 heterocycles. The van der Waals surface area contributed by atoms with Gasteiger partial charge in [0.1, 0.15) is 11.6 Å². The van der Waals surface area contributed by atoms with Gasteiger partial charge >= 0.3 is 0 Å². The highest BCUT2D eigenvalue weighted by Crippen LogP contribution is 2.29. The Bertz CT molecular complexity index is 579. The van der Waals surface area contributed by atoms with Gasteiger partial charge in [0, 0.05) is 10.5 Å². The molecule has 0 aliphatic heterocycles. The first-order valence-electron chi connectivity index (χ1n) is 4.98. The Kier molecular flexibility index (Phi) is 3.72. The summed E-state index contributed by atoms with van der Waals surface area (Å²) in [4.78, 5) is 10.8. The largest absolute Gasteiger partial charge is 0.453 e. The zero-order valence-corrected chi connectivity index (χ0v) is 10.6. The van der Waals surface area contributed by atoms with Crippen LogP contribution in [0.3, 0.4) is 0 Å². The fourth-order valence-corrected chi connectivity index (χ4v) is 1.88. The maximum Gasteiger partial charge on any atom is 0.173 e. The summed E-state index contributed by atoms with van der Waals surface area (Å²) in [6.07, 6.45) is 0.479. The predicted octanol–water partition coefficient (Wildman–Crippen LogP) is 4.33. The number of carbonyl (C=O) groups is 1. The van der Waals surface area contributed by atoms with E-state index < -0.39 is 11.6 Å². The van der Waals surface area contributed by atoms with Crippen molar-refractivity contribution in [2.75, 3.05) is 0 Å². The van der Waals surface area contributed by atoms with Crippen LogP contribution in [0.4, 0.5) is 8.78 Å². The number of rotatable bonds is 3. The van der Waals surface area contributed by atoms with Gasteiger partial charge in [-0.15, -0.1) is 0 Å². The Balaban J connectivity index is 2.42. The number of benzene rings is 2. The monoisotopic (exact) mass is 312 g/mol. The van der Waals surface area contributed by atoms with E-state index in [1.807, 2.05) is 0 Å². The lowest BCUT2D eigenvalue weighted by molar-refractivity contribution is 0.112. The molecule has 0 spiro atoms. The van der Waals surface area contributed by atoms with E-state index in [0.717, 1.165) is 12.1 Å². The Labute approximate surface area is 110 Å². The molecule has 0 N–H and O–H groups in total. The predicted molar refractivity (Wildman–Crippen MR) is 66.0 cm³/mol. The molecule has 0 aromatic heterocycles. The smallest absolute Gasteiger partial charge is 0.173 e. The lowest BCUT2D eigenvalue weighted by atomic mass is 10.2. The molecule has 2 rings (SSSR count). The fraction of sp³-hybridized carbons (Fsp3) is 0. The van der Waals surface area contributed by atoms with Gasteiger partial charge in [-0.3, -0.25) is 4.79 Å². The second-order valence-corrected chi connectivity index (χ2v) is 4.40. The molecule has 0 bridgehead atoms. The van der Waals surface area contributed by atoms with E-state index in [9.17, 15) is 13.6 Å². The van der Waals surface area contributed by atoms with Crippen LogP contribution in [0.15, 0.2) is 40.9 Å². The number of carbonyl (C=O) groups excluding carboxylic acids is 1. The number of para-hydroxylation sites is 1. The molecular formula is C13H7BrF2O2. The quantitative estimate of drug-likeness (QED) is 0.788. The van der Waals surface area contributed by atoms with Crippen LogP contribution in [0, 0.1) is 11.6 Å². The minimum absolute atomic E-state index is 0.0652. The molecule has 18 heavy (non-hydrogen) atoms. The second-order valence-electron chi connectivity index (χ2n) is 3.48. The van der Waals surface area contributed by atoms with Gasteiger partial charge in [-0.05, 0) is 24.3 Å². The van der Waals surface area contributed by atoms with Gasteiger partial charge in [0.2, 0.25) is 0 Å². The van der Waals surface area contributed by atoms with Crippen molar-refractivity contribution in [1.82, 2.24) is 0 Å². The number of halogens is 3. The molecule has 0 saturated heterocycles. The van der Waals surface area contributed by atoms with Crippen molar-refractivity contribution in [3.8, 4) is 11.5 Å². The molecular weight excluding hydrogens is 306 g/mol. The molecule has 0 aliphatic carbocycles. The summed E-state index contributed by atoms with van der Waals surface area (Å²) in [5.74, 6) is -1.32. The summed E-state index contributed by atoms with van der Waals surface area (Å²) in [5.41, 5.74) is 0.0652. The highest BCUT2D eigenvalue weighted by Gasteiger charge is 2.11. The second kappa shape index (κ2) is 5.27. The van der Waals surface area contributed by atoms with Crippen LogP contribution >= 0.6 is 15.9 Å². The molecule has 5 heteroatoms. The van der Waals surface area contributed by atoms with Crippen LogP contribution in [0.5, 0.6) is 11.5 Å². The maximum absolute atomic E-state index is 13.5. The summed E-state index contributed by atoms with van der Waals surface area (Å²) >= 11 is 3.10. The highest BCUT2D eigenvalue weighted by atomic mass is 79.9. The van der Waals surface area contributed by atoms with E-state index in [1.165, 1.54) is 24.3 Å². The third-order valence-electron chi connectivity index (χ3n) is 2.18. The fourth-order valence-electron chi connectivity index (χ4n) is 1.43. The van der Waals surface area contributed by atoms with Crippen LogP contribution in [0.2, 0.25) is 0 Å². The number of hydrogen-bond donors (Lipinski definition) is 0. The summed E-state index contributed by atoms with van der Waals surface area (Å²) in [7, 11) is 0. The topological polar surface area (TPSA) is 26.3 Å². The van der Waals surface area contributed by atoms with E-state index >= 15 is 0 Å². The average Bonchev–Trinajstić information content (AvgIpc) is 2.30. The van der Waals surface area contributed by atoms with Crippen molar-refractivity contribution in [1.29, 1.82) is 0 Å². The van der Waals surface area contributed by atoms with Crippen molar-refractivity contribution < 1.29 is 18.3 Å². The molecule has 0 saturated carbocycles. The van der Waals surface area contributed by atoms with E-state index in [2.05, 4.69) is 15.9 Å². The zero-order chi connectivity index (χ0) is 13.1. The van der Waals surface area contributed by atoms with Crippen molar-refractivity contribution in [3.63, 3.8) is 0 Å². The van der Waals surface area contributed by atoms with Gasteiger partial charge in [-0.1, -0.05) is 22.0 Å². The molecule has 92 valence electrons. The molecule has 2 aromatic rings. The minimum atomic E-state index is -0.681. The van der Waals surface area contributed by atoms with Crippen LogP contribution in [-0.2, 0) is 0 Å². The first-order chi connectivity index (χ1) is 8.60. The Morgan fingerprint density at radius 1 is 1.17 bits per heavy atom. The van der Waals surface area contributed by atoms with Gasteiger partial charge in [0.05, 0.1) is 5.56 Å². The van der Waals surface area contributed by atoms with Crippen molar-refractivity contribution in [2.24, 2.45) is 0 Å². The average molecular weight is 313 g/mol. The Hall–Kier alpha value is -1.75. The molecule has 0 fully saturated rings. The zero-order valence-electron chi connectivity index (χ0n) is 8.99. The molecule has 0 radical (unpaired) electrons. The normalized spacial score (nSPS) is 10.2. The van der Waals surface area contributed by atoms with Crippen LogP contribution < -0.4 is 4.74 Å². The van der Waals surface area contributed by atoms with E-state index in [4.69, 9.17) is 4.74 Å². The number of ether oxygens (including phenoxy) is 1. The Morgan fingerprint density at radius 3 is 2.61 bits per heavy atom. The van der Waals surface area contributed by atoms with Gasteiger partial charge < -0.3 is 4.74 Å². The third-order valence-corrected chi connectivity index (χ3v) is 2.64. The lowest BCUT2D eigenvalue weighted by Crippen LogP contribution is -1.94. The van der Waals surface area contributed by atoms with E-state index in [-0.39, 0.29) is 17.1 Å². The van der Waals surface area contributed by atoms with Gasteiger partial charge in [-0.2, -0.15) is 0 Å².